The van der Waals surface area contributed by atoms with Crippen molar-refractivity contribution < 1.29 is 4.79 Å². The Hall–Kier alpha value is -1.11. The van der Waals surface area contributed by atoms with E-state index >= 15 is 0 Å². The second-order valence-electron chi connectivity index (χ2n) is 5.90. The number of rotatable bonds is 5. The first kappa shape index (κ1) is 14.0. The lowest BCUT2D eigenvalue weighted by molar-refractivity contribution is -0.121. The minimum atomic E-state index is 0.0820. The summed E-state index contributed by atoms with van der Waals surface area (Å²) in [4.78, 5) is 12.2. The molecule has 0 aliphatic rings. The standard InChI is InChI=1S/C16H24O/c1-5-14(13-9-7-6-8-10-13)15(17)11-12-16(2,3)4/h6-10,14H,5,11-12H2,1-4H3. The highest BCUT2D eigenvalue weighted by Crippen LogP contribution is 2.26. The number of hydrogen-bond donors (Lipinski definition) is 0. The van der Waals surface area contributed by atoms with Crippen LogP contribution in [0.25, 0.3) is 0 Å². The highest BCUT2D eigenvalue weighted by atomic mass is 16.1. The van der Waals surface area contributed by atoms with Crippen molar-refractivity contribution in [3.63, 3.8) is 0 Å². The van der Waals surface area contributed by atoms with Gasteiger partial charge in [-0.25, -0.2) is 0 Å². The van der Waals surface area contributed by atoms with Crippen LogP contribution in [-0.4, -0.2) is 5.78 Å². The topological polar surface area (TPSA) is 17.1 Å². The van der Waals surface area contributed by atoms with Crippen LogP contribution in [0.3, 0.4) is 0 Å². The van der Waals surface area contributed by atoms with E-state index < -0.39 is 0 Å². The summed E-state index contributed by atoms with van der Waals surface area (Å²) in [6.07, 6.45) is 2.55. The molecule has 94 valence electrons. The van der Waals surface area contributed by atoms with Crippen molar-refractivity contribution in [3.8, 4) is 0 Å². The average Bonchev–Trinajstić information content (AvgIpc) is 2.28. The van der Waals surface area contributed by atoms with Crippen LogP contribution in [0, 0.1) is 5.41 Å². The molecule has 0 saturated carbocycles. The molecule has 0 N–H and O–H groups in total. The summed E-state index contributed by atoms with van der Waals surface area (Å²) >= 11 is 0. The molecule has 0 radical (unpaired) electrons. The number of carbonyl (C=O) groups excluding carboxylic acids is 1. The average molecular weight is 232 g/mol. The zero-order chi connectivity index (χ0) is 12.9. The van der Waals surface area contributed by atoms with Gasteiger partial charge in [0.1, 0.15) is 5.78 Å². The third-order valence-corrected chi connectivity index (χ3v) is 3.12. The summed E-state index contributed by atoms with van der Waals surface area (Å²) in [6, 6.07) is 10.1. The molecule has 1 rings (SSSR count). The van der Waals surface area contributed by atoms with Gasteiger partial charge in [-0.3, -0.25) is 4.79 Å². The Bertz CT molecular complexity index is 346. The quantitative estimate of drug-likeness (QED) is 0.726. The fraction of sp³-hybridized carbons (Fsp3) is 0.562. The van der Waals surface area contributed by atoms with Crippen molar-refractivity contribution in [1.82, 2.24) is 0 Å². The SMILES string of the molecule is CCC(C(=O)CCC(C)(C)C)c1ccccc1. The summed E-state index contributed by atoms with van der Waals surface area (Å²) in [5.41, 5.74) is 1.40. The van der Waals surface area contributed by atoms with E-state index in [2.05, 4.69) is 39.8 Å². The Morgan fingerprint density at radius 2 is 1.76 bits per heavy atom. The maximum atomic E-state index is 12.2. The summed E-state index contributed by atoms with van der Waals surface area (Å²) in [6.45, 7) is 8.64. The second kappa shape index (κ2) is 6.00. The summed E-state index contributed by atoms with van der Waals surface area (Å²) in [5, 5.41) is 0. The fourth-order valence-electron chi connectivity index (χ4n) is 2.01. The molecule has 0 fully saturated rings. The Balaban J connectivity index is 2.66. The Kier molecular flexibility index (Phi) is 4.92. The van der Waals surface area contributed by atoms with Crippen LogP contribution in [0.5, 0.6) is 0 Å². The molecule has 1 atom stereocenters. The second-order valence-corrected chi connectivity index (χ2v) is 5.90. The van der Waals surface area contributed by atoms with Crippen molar-refractivity contribution in [2.24, 2.45) is 5.41 Å². The van der Waals surface area contributed by atoms with Gasteiger partial charge in [-0.2, -0.15) is 0 Å². The van der Waals surface area contributed by atoms with Gasteiger partial charge in [0.15, 0.2) is 0 Å². The molecule has 0 aliphatic carbocycles. The van der Waals surface area contributed by atoms with Crippen molar-refractivity contribution in [1.29, 1.82) is 0 Å². The first-order valence-electron chi connectivity index (χ1n) is 6.51. The van der Waals surface area contributed by atoms with Gasteiger partial charge in [0.2, 0.25) is 0 Å². The summed E-state index contributed by atoms with van der Waals surface area (Å²) in [5.74, 6) is 0.465. The van der Waals surface area contributed by atoms with Crippen LogP contribution in [-0.2, 0) is 4.79 Å². The maximum Gasteiger partial charge on any atom is 0.140 e. The van der Waals surface area contributed by atoms with Gasteiger partial charge >= 0.3 is 0 Å². The Morgan fingerprint density at radius 3 is 2.24 bits per heavy atom. The lowest BCUT2D eigenvalue weighted by atomic mass is 9.84. The molecule has 1 aromatic carbocycles. The van der Waals surface area contributed by atoms with E-state index in [1.807, 2.05) is 18.2 Å². The summed E-state index contributed by atoms with van der Waals surface area (Å²) < 4.78 is 0. The zero-order valence-electron chi connectivity index (χ0n) is 11.5. The Morgan fingerprint density at radius 1 is 1.18 bits per heavy atom. The van der Waals surface area contributed by atoms with Crippen LogP contribution in [0.4, 0.5) is 0 Å². The molecule has 1 nitrogen and oxygen atoms in total. The van der Waals surface area contributed by atoms with Gasteiger partial charge in [0.25, 0.3) is 0 Å². The predicted molar refractivity (Wildman–Crippen MR) is 73.2 cm³/mol. The van der Waals surface area contributed by atoms with Crippen molar-refractivity contribution in [3.05, 3.63) is 35.9 Å². The first-order valence-corrected chi connectivity index (χ1v) is 6.51. The lowest BCUT2D eigenvalue weighted by Gasteiger charge is -2.20. The predicted octanol–water partition coefficient (Wildman–Crippen LogP) is 4.58. The van der Waals surface area contributed by atoms with Crippen molar-refractivity contribution >= 4 is 5.78 Å². The number of benzene rings is 1. The Labute approximate surface area is 105 Å². The molecule has 17 heavy (non-hydrogen) atoms. The smallest absolute Gasteiger partial charge is 0.140 e. The molecule has 0 aliphatic heterocycles. The van der Waals surface area contributed by atoms with Crippen LogP contribution in [0.2, 0.25) is 0 Å². The van der Waals surface area contributed by atoms with Gasteiger partial charge in [0.05, 0.1) is 0 Å². The van der Waals surface area contributed by atoms with E-state index in [4.69, 9.17) is 0 Å². The molecule has 1 heteroatoms. The highest BCUT2D eigenvalue weighted by molar-refractivity contribution is 5.85. The van der Waals surface area contributed by atoms with Crippen molar-refractivity contribution in [2.45, 2.75) is 52.9 Å². The molecule has 0 saturated heterocycles. The molecule has 0 aromatic heterocycles. The first-order chi connectivity index (χ1) is 7.94. The van der Waals surface area contributed by atoms with Crippen LogP contribution in [0.15, 0.2) is 30.3 Å². The van der Waals surface area contributed by atoms with E-state index in [0.717, 1.165) is 18.4 Å². The molecule has 0 spiro atoms. The molecule has 0 bridgehead atoms. The third-order valence-electron chi connectivity index (χ3n) is 3.12. The fourth-order valence-corrected chi connectivity index (χ4v) is 2.01. The largest absolute Gasteiger partial charge is 0.299 e. The number of Topliss-reactive ketones (excluding diaryl/α,β-unsaturated/α-hetero) is 1. The van der Waals surface area contributed by atoms with E-state index in [1.54, 1.807) is 0 Å². The number of hydrogen-bond acceptors (Lipinski definition) is 1. The molecule has 0 heterocycles. The van der Waals surface area contributed by atoms with E-state index in [1.165, 1.54) is 0 Å². The number of ketones is 1. The normalized spacial score (nSPS) is 13.4. The number of carbonyl (C=O) groups is 1. The third kappa shape index (κ3) is 4.72. The van der Waals surface area contributed by atoms with Crippen molar-refractivity contribution in [2.75, 3.05) is 0 Å². The zero-order valence-corrected chi connectivity index (χ0v) is 11.5. The van der Waals surface area contributed by atoms with Gasteiger partial charge < -0.3 is 0 Å². The van der Waals surface area contributed by atoms with Crippen LogP contribution >= 0.6 is 0 Å². The van der Waals surface area contributed by atoms with Gasteiger partial charge in [0, 0.05) is 12.3 Å². The van der Waals surface area contributed by atoms with Gasteiger partial charge in [-0.15, -0.1) is 0 Å². The molecule has 0 amide bonds. The molecular formula is C16H24O. The van der Waals surface area contributed by atoms with Crippen LogP contribution < -0.4 is 0 Å². The summed E-state index contributed by atoms with van der Waals surface area (Å²) in [7, 11) is 0. The maximum absolute atomic E-state index is 12.2. The molecular weight excluding hydrogens is 208 g/mol. The minimum absolute atomic E-state index is 0.0820. The van der Waals surface area contributed by atoms with E-state index in [0.29, 0.717) is 12.2 Å². The van der Waals surface area contributed by atoms with Crippen LogP contribution in [0.1, 0.15) is 58.4 Å². The molecule has 1 unspecified atom stereocenters. The monoisotopic (exact) mass is 232 g/mol. The molecule has 1 aromatic rings. The lowest BCUT2D eigenvalue weighted by Crippen LogP contribution is -2.15. The van der Waals surface area contributed by atoms with E-state index in [-0.39, 0.29) is 11.3 Å². The van der Waals surface area contributed by atoms with Gasteiger partial charge in [-0.05, 0) is 23.8 Å². The van der Waals surface area contributed by atoms with Gasteiger partial charge in [-0.1, -0.05) is 58.0 Å². The van der Waals surface area contributed by atoms with E-state index in [9.17, 15) is 4.79 Å². The minimum Gasteiger partial charge on any atom is -0.299 e. The highest BCUT2D eigenvalue weighted by Gasteiger charge is 2.20.